The summed E-state index contributed by atoms with van der Waals surface area (Å²) in [5, 5.41) is 12.1. The zero-order valence-electron chi connectivity index (χ0n) is 13.5. The van der Waals surface area contributed by atoms with E-state index < -0.39 is 0 Å². The van der Waals surface area contributed by atoms with Gasteiger partial charge in [0.15, 0.2) is 11.0 Å². The number of carbonyl (C=O) groups is 1. The molecule has 0 aliphatic rings. The van der Waals surface area contributed by atoms with E-state index in [4.69, 9.17) is 0 Å². The number of benzene rings is 1. The molecule has 0 aliphatic carbocycles. The van der Waals surface area contributed by atoms with Gasteiger partial charge in [-0.2, -0.15) is 0 Å². The van der Waals surface area contributed by atoms with E-state index in [1.165, 1.54) is 11.8 Å². The van der Waals surface area contributed by atoms with Gasteiger partial charge in [0, 0.05) is 34.7 Å². The highest BCUT2D eigenvalue weighted by molar-refractivity contribution is 9.10. The molecular weight excluding hydrogens is 402 g/mol. The molecule has 3 rings (SSSR count). The number of halogens is 1. The van der Waals surface area contributed by atoms with Crippen molar-refractivity contribution >= 4 is 39.3 Å². The lowest BCUT2D eigenvalue weighted by molar-refractivity contribution is -0.113. The Morgan fingerprint density at radius 3 is 2.76 bits per heavy atom. The summed E-state index contributed by atoms with van der Waals surface area (Å²) >= 11 is 4.76. The number of amides is 1. The van der Waals surface area contributed by atoms with Crippen molar-refractivity contribution in [3.63, 3.8) is 0 Å². The molecule has 1 aromatic carbocycles. The Kier molecular flexibility index (Phi) is 5.83. The molecular formula is C17H16BrN5OS. The maximum atomic E-state index is 12.2. The molecule has 6 nitrogen and oxygen atoms in total. The number of pyridine rings is 1. The minimum Gasteiger partial charge on any atom is -0.325 e. The van der Waals surface area contributed by atoms with E-state index in [1.807, 2.05) is 47.9 Å². The van der Waals surface area contributed by atoms with Crippen molar-refractivity contribution in [2.45, 2.75) is 18.6 Å². The van der Waals surface area contributed by atoms with E-state index in [0.29, 0.717) is 0 Å². The molecule has 0 bridgehead atoms. The quantitative estimate of drug-likeness (QED) is 0.616. The Morgan fingerprint density at radius 1 is 1.24 bits per heavy atom. The first-order valence-corrected chi connectivity index (χ1v) is 9.47. The normalized spacial score (nSPS) is 10.6. The zero-order chi connectivity index (χ0) is 17.6. The molecule has 25 heavy (non-hydrogen) atoms. The Hall–Kier alpha value is -2.19. The Morgan fingerprint density at radius 2 is 2.04 bits per heavy atom. The summed E-state index contributed by atoms with van der Waals surface area (Å²) < 4.78 is 2.91. The van der Waals surface area contributed by atoms with Crippen molar-refractivity contribution in [3.05, 3.63) is 53.3 Å². The average Bonchev–Trinajstić information content (AvgIpc) is 3.03. The number of hydrogen-bond donors (Lipinski definition) is 1. The zero-order valence-corrected chi connectivity index (χ0v) is 15.9. The number of rotatable bonds is 6. The Bertz CT molecular complexity index is 868. The monoisotopic (exact) mass is 417 g/mol. The molecule has 0 fully saturated rings. The molecule has 128 valence electrons. The Labute approximate surface area is 158 Å². The van der Waals surface area contributed by atoms with Gasteiger partial charge in [-0.3, -0.25) is 9.78 Å². The van der Waals surface area contributed by atoms with Crippen LogP contribution in [0.4, 0.5) is 5.69 Å². The van der Waals surface area contributed by atoms with Crippen molar-refractivity contribution in [2.24, 2.45) is 0 Å². The van der Waals surface area contributed by atoms with Gasteiger partial charge in [-0.25, -0.2) is 0 Å². The van der Waals surface area contributed by atoms with Crippen LogP contribution in [0.2, 0.25) is 0 Å². The van der Waals surface area contributed by atoms with Gasteiger partial charge in [0.25, 0.3) is 0 Å². The third-order valence-corrected chi connectivity index (χ3v) is 4.87. The van der Waals surface area contributed by atoms with Crippen molar-refractivity contribution in [2.75, 3.05) is 11.1 Å². The van der Waals surface area contributed by atoms with E-state index in [1.54, 1.807) is 12.4 Å². The molecule has 0 saturated heterocycles. The van der Waals surface area contributed by atoms with Crippen LogP contribution in [0.25, 0.3) is 11.4 Å². The molecule has 0 spiro atoms. The van der Waals surface area contributed by atoms with Crippen LogP contribution in [0.3, 0.4) is 0 Å². The third-order valence-electron chi connectivity index (χ3n) is 3.41. The molecule has 0 radical (unpaired) electrons. The topological polar surface area (TPSA) is 72.7 Å². The standard InChI is InChI=1S/C17H16BrN5OS/c1-2-23-16(12-6-8-19-9-7-12)21-22-17(23)25-11-15(24)20-14-5-3-4-13(18)10-14/h3-10H,2,11H2,1H3,(H,20,24). The number of carbonyl (C=O) groups excluding carboxylic acids is 1. The largest absolute Gasteiger partial charge is 0.325 e. The molecule has 1 N–H and O–H groups in total. The third kappa shape index (κ3) is 4.46. The van der Waals surface area contributed by atoms with Gasteiger partial charge in [0.05, 0.1) is 5.75 Å². The molecule has 1 amide bonds. The van der Waals surface area contributed by atoms with Gasteiger partial charge in [0.1, 0.15) is 0 Å². The highest BCUT2D eigenvalue weighted by Gasteiger charge is 2.14. The number of hydrogen-bond acceptors (Lipinski definition) is 5. The second-order valence-corrected chi connectivity index (χ2v) is 6.99. The average molecular weight is 418 g/mol. The fourth-order valence-corrected chi connectivity index (χ4v) is 3.49. The van der Waals surface area contributed by atoms with Crippen molar-refractivity contribution in [3.8, 4) is 11.4 Å². The molecule has 2 heterocycles. The van der Waals surface area contributed by atoms with E-state index in [9.17, 15) is 4.79 Å². The lowest BCUT2D eigenvalue weighted by Gasteiger charge is -2.08. The molecule has 0 atom stereocenters. The molecule has 8 heteroatoms. The summed E-state index contributed by atoms with van der Waals surface area (Å²) in [6, 6.07) is 11.3. The van der Waals surface area contributed by atoms with Crippen LogP contribution in [-0.2, 0) is 11.3 Å². The van der Waals surface area contributed by atoms with Crippen molar-refractivity contribution < 1.29 is 4.79 Å². The maximum Gasteiger partial charge on any atom is 0.234 e. The highest BCUT2D eigenvalue weighted by atomic mass is 79.9. The van der Waals surface area contributed by atoms with Gasteiger partial charge in [-0.1, -0.05) is 33.8 Å². The molecule has 3 aromatic rings. The summed E-state index contributed by atoms with van der Waals surface area (Å²) in [7, 11) is 0. The lowest BCUT2D eigenvalue weighted by atomic mass is 10.2. The second-order valence-electron chi connectivity index (χ2n) is 5.13. The van der Waals surface area contributed by atoms with E-state index in [0.717, 1.165) is 33.2 Å². The van der Waals surface area contributed by atoms with E-state index in [-0.39, 0.29) is 11.7 Å². The van der Waals surface area contributed by atoms with Gasteiger partial charge >= 0.3 is 0 Å². The number of anilines is 1. The van der Waals surface area contributed by atoms with E-state index in [2.05, 4.69) is 36.4 Å². The van der Waals surface area contributed by atoms with Crippen molar-refractivity contribution in [1.82, 2.24) is 19.7 Å². The van der Waals surface area contributed by atoms with Crippen LogP contribution in [-0.4, -0.2) is 31.4 Å². The fourth-order valence-electron chi connectivity index (χ4n) is 2.29. The van der Waals surface area contributed by atoms with Crippen LogP contribution in [0.5, 0.6) is 0 Å². The Balaban J connectivity index is 1.67. The molecule has 0 saturated carbocycles. The smallest absolute Gasteiger partial charge is 0.234 e. The highest BCUT2D eigenvalue weighted by Crippen LogP contribution is 2.24. The molecule has 0 aliphatic heterocycles. The fraction of sp³-hybridized carbons (Fsp3) is 0.176. The number of thioether (sulfide) groups is 1. The first kappa shape index (κ1) is 17.6. The predicted octanol–water partition coefficient (Wildman–Crippen LogP) is 3.85. The van der Waals surface area contributed by atoms with Gasteiger partial charge in [0.2, 0.25) is 5.91 Å². The van der Waals surface area contributed by atoms with Crippen LogP contribution >= 0.6 is 27.7 Å². The van der Waals surface area contributed by atoms with Crippen LogP contribution < -0.4 is 5.32 Å². The lowest BCUT2D eigenvalue weighted by Crippen LogP contribution is -2.14. The maximum absolute atomic E-state index is 12.2. The SMILES string of the molecule is CCn1c(SCC(=O)Nc2cccc(Br)c2)nnc1-c1ccncc1. The predicted molar refractivity (Wildman–Crippen MR) is 102 cm³/mol. The van der Waals surface area contributed by atoms with Gasteiger partial charge in [-0.15, -0.1) is 10.2 Å². The summed E-state index contributed by atoms with van der Waals surface area (Å²) in [5.74, 6) is 0.958. The first-order chi connectivity index (χ1) is 12.2. The minimum absolute atomic E-state index is 0.0841. The second kappa shape index (κ2) is 8.26. The van der Waals surface area contributed by atoms with Crippen LogP contribution in [0, 0.1) is 0 Å². The number of aromatic nitrogens is 4. The summed E-state index contributed by atoms with van der Waals surface area (Å²) in [6.07, 6.45) is 3.45. The summed E-state index contributed by atoms with van der Waals surface area (Å²) in [4.78, 5) is 16.2. The number of nitrogens with one attached hydrogen (secondary N) is 1. The van der Waals surface area contributed by atoms with Crippen LogP contribution in [0.15, 0.2) is 58.4 Å². The van der Waals surface area contributed by atoms with E-state index >= 15 is 0 Å². The van der Waals surface area contributed by atoms with Gasteiger partial charge < -0.3 is 9.88 Å². The molecule has 0 unspecified atom stereocenters. The first-order valence-electron chi connectivity index (χ1n) is 7.69. The van der Waals surface area contributed by atoms with Gasteiger partial charge in [-0.05, 0) is 37.3 Å². The number of nitrogens with zero attached hydrogens (tertiary/aromatic N) is 4. The van der Waals surface area contributed by atoms with Crippen LogP contribution in [0.1, 0.15) is 6.92 Å². The summed E-state index contributed by atoms with van der Waals surface area (Å²) in [5.41, 5.74) is 1.71. The summed E-state index contributed by atoms with van der Waals surface area (Å²) in [6.45, 7) is 2.75. The molecule has 2 aromatic heterocycles. The minimum atomic E-state index is -0.0841. The van der Waals surface area contributed by atoms with Crippen molar-refractivity contribution in [1.29, 1.82) is 0 Å².